The van der Waals surface area contributed by atoms with Crippen LogP contribution in [0.4, 0.5) is 11.6 Å². The summed E-state index contributed by atoms with van der Waals surface area (Å²) in [5.74, 6) is 0.317. The molecule has 0 bridgehead atoms. The average Bonchev–Trinajstić information content (AvgIpc) is 3.07. The van der Waals surface area contributed by atoms with Crippen molar-refractivity contribution < 1.29 is 4.79 Å². The fourth-order valence-corrected chi connectivity index (χ4v) is 3.24. The van der Waals surface area contributed by atoms with E-state index in [9.17, 15) is 4.79 Å². The third-order valence-corrected chi connectivity index (χ3v) is 4.56. The molecule has 1 fully saturated rings. The molecule has 1 heterocycles. The molecule has 0 unspecified atom stereocenters. The van der Waals surface area contributed by atoms with Crippen LogP contribution < -0.4 is 10.6 Å². The molecule has 2 N–H and O–H groups in total. The van der Waals surface area contributed by atoms with Crippen LogP contribution in [0.1, 0.15) is 62.5 Å². The quantitative estimate of drug-likeness (QED) is 0.868. The molecule has 1 aliphatic rings. The summed E-state index contributed by atoms with van der Waals surface area (Å²) in [7, 11) is 0. The highest BCUT2D eigenvalue weighted by Crippen LogP contribution is 2.29. The normalized spacial score (nSPS) is 15.2. The number of hydrogen-bond acceptors (Lipinski definition) is 4. The van der Waals surface area contributed by atoms with Crippen molar-refractivity contribution in [2.45, 2.75) is 57.9 Å². The largest absolute Gasteiger partial charge is 0.351 e. The highest BCUT2D eigenvalue weighted by Gasteiger charge is 2.20. The highest BCUT2D eigenvalue weighted by molar-refractivity contribution is 6.03. The number of anilines is 2. The van der Waals surface area contributed by atoms with E-state index in [1.165, 1.54) is 12.8 Å². The molecule has 1 amide bonds. The zero-order valence-electron chi connectivity index (χ0n) is 15.2. The molecule has 1 saturated carbocycles. The molecule has 1 aromatic heterocycles. The van der Waals surface area contributed by atoms with Gasteiger partial charge in [-0.05, 0) is 36.0 Å². The molecule has 0 aliphatic heterocycles. The molecule has 3 rings (SSSR count). The number of rotatable bonds is 4. The zero-order chi connectivity index (χ0) is 17.9. The fraction of sp³-hybridized carbons (Fsp3) is 0.450. The van der Waals surface area contributed by atoms with Crippen molar-refractivity contribution in [3.8, 4) is 0 Å². The molecule has 132 valence electrons. The van der Waals surface area contributed by atoms with Crippen LogP contribution in [0, 0.1) is 0 Å². The van der Waals surface area contributed by atoms with E-state index in [1.54, 1.807) is 12.3 Å². The summed E-state index contributed by atoms with van der Waals surface area (Å²) in [5, 5.41) is 6.33. The second-order valence-corrected chi connectivity index (χ2v) is 7.64. The maximum Gasteiger partial charge on any atom is 0.274 e. The Morgan fingerprint density at radius 3 is 2.56 bits per heavy atom. The van der Waals surface area contributed by atoms with Gasteiger partial charge in [-0.1, -0.05) is 51.8 Å². The molecule has 2 aromatic rings. The predicted octanol–water partition coefficient (Wildman–Crippen LogP) is 4.38. The van der Waals surface area contributed by atoms with E-state index in [0.29, 0.717) is 17.7 Å². The van der Waals surface area contributed by atoms with Crippen LogP contribution in [-0.2, 0) is 5.41 Å². The lowest BCUT2D eigenvalue weighted by atomic mass is 9.86. The van der Waals surface area contributed by atoms with Crippen molar-refractivity contribution in [2.24, 2.45) is 0 Å². The van der Waals surface area contributed by atoms with Gasteiger partial charge in [-0.3, -0.25) is 4.79 Å². The van der Waals surface area contributed by atoms with Crippen molar-refractivity contribution >= 4 is 17.5 Å². The number of benzene rings is 1. The average molecular weight is 338 g/mol. The van der Waals surface area contributed by atoms with Gasteiger partial charge in [0.15, 0.2) is 0 Å². The lowest BCUT2D eigenvalue weighted by molar-refractivity contribution is 0.102. The SMILES string of the molecule is CC(C)(C)c1ccccc1NC(=O)c1ccnc(NC2CCCC2)n1. The lowest BCUT2D eigenvalue weighted by Crippen LogP contribution is -2.21. The topological polar surface area (TPSA) is 66.9 Å². The fourth-order valence-electron chi connectivity index (χ4n) is 3.24. The number of carbonyl (C=O) groups is 1. The van der Waals surface area contributed by atoms with Crippen LogP contribution in [0.2, 0.25) is 0 Å². The van der Waals surface area contributed by atoms with Crippen molar-refractivity contribution in [3.63, 3.8) is 0 Å². The summed E-state index contributed by atoms with van der Waals surface area (Å²) in [6.45, 7) is 6.39. The Labute approximate surface area is 149 Å². The Bertz CT molecular complexity index is 745. The first-order chi connectivity index (χ1) is 11.9. The first-order valence-corrected chi connectivity index (χ1v) is 8.94. The highest BCUT2D eigenvalue weighted by atomic mass is 16.1. The second-order valence-electron chi connectivity index (χ2n) is 7.64. The van der Waals surface area contributed by atoms with Crippen LogP contribution in [0.5, 0.6) is 0 Å². The maximum absolute atomic E-state index is 12.7. The van der Waals surface area contributed by atoms with Crippen LogP contribution in [0.25, 0.3) is 0 Å². The van der Waals surface area contributed by atoms with Crippen LogP contribution in [0.3, 0.4) is 0 Å². The van der Waals surface area contributed by atoms with Crippen molar-refractivity contribution in [2.75, 3.05) is 10.6 Å². The number of nitrogens with zero attached hydrogens (tertiary/aromatic N) is 2. The first-order valence-electron chi connectivity index (χ1n) is 8.94. The predicted molar refractivity (Wildman–Crippen MR) is 101 cm³/mol. The van der Waals surface area contributed by atoms with E-state index >= 15 is 0 Å². The summed E-state index contributed by atoms with van der Waals surface area (Å²) < 4.78 is 0. The Balaban J connectivity index is 1.76. The summed E-state index contributed by atoms with van der Waals surface area (Å²) >= 11 is 0. The third-order valence-electron chi connectivity index (χ3n) is 4.56. The zero-order valence-corrected chi connectivity index (χ0v) is 15.2. The summed E-state index contributed by atoms with van der Waals surface area (Å²) in [6, 6.07) is 9.96. The number of amides is 1. The van der Waals surface area contributed by atoms with Gasteiger partial charge >= 0.3 is 0 Å². The molecular formula is C20H26N4O. The monoisotopic (exact) mass is 338 g/mol. The van der Waals surface area contributed by atoms with Gasteiger partial charge in [0, 0.05) is 17.9 Å². The number of para-hydroxylation sites is 1. The minimum atomic E-state index is -0.214. The minimum Gasteiger partial charge on any atom is -0.351 e. The van der Waals surface area contributed by atoms with Crippen molar-refractivity contribution in [1.82, 2.24) is 9.97 Å². The summed E-state index contributed by atoms with van der Waals surface area (Å²) in [6.07, 6.45) is 6.38. The maximum atomic E-state index is 12.7. The van der Waals surface area contributed by atoms with Gasteiger partial charge in [0.05, 0.1) is 0 Å². The van der Waals surface area contributed by atoms with E-state index < -0.39 is 0 Å². The van der Waals surface area contributed by atoms with E-state index in [2.05, 4.69) is 41.4 Å². The number of hydrogen-bond donors (Lipinski definition) is 2. The van der Waals surface area contributed by atoms with Crippen LogP contribution >= 0.6 is 0 Å². The molecule has 5 heteroatoms. The second kappa shape index (κ2) is 7.21. The van der Waals surface area contributed by atoms with Gasteiger partial charge in [0.2, 0.25) is 5.95 Å². The van der Waals surface area contributed by atoms with Crippen LogP contribution in [-0.4, -0.2) is 21.9 Å². The lowest BCUT2D eigenvalue weighted by Gasteiger charge is -2.23. The Morgan fingerprint density at radius 2 is 1.84 bits per heavy atom. The number of aromatic nitrogens is 2. The standard InChI is InChI=1S/C20H26N4O/c1-20(2,3)15-10-6-7-11-16(15)23-18(25)17-12-13-21-19(24-17)22-14-8-4-5-9-14/h6-7,10-14H,4-5,8-9H2,1-3H3,(H,23,25)(H,21,22,24). The van der Waals surface area contributed by atoms with Gasteiger partial charge in [-0.25, -0.2) is 9.97 Å². The van der Waals surface area contributed by atoms with Crippen LogP contribution in [0.15, 0.2) is 36.5 Å². The molecule has 25 heavy (non-hydrogen) atoms. The smallest absolute Gasteiger partial charge is 0.274 e. The van der Waals surface area contributed by atoms with Gasteiger partial charge < -0.3 is 10.6 Å². The Kier molecular flexibility index (Phi) is 5.02. The molecular weight excluding hydrogens is 312 g/mol. The van der Waals surface area contributed by atoms with Gasteiger partial charge in [0.25, 0.3) is 5.91 Å². The Morgan fingerprint density at radius 1 is 1.12 bits per heavy atom. The molecule has 0 spiro atoms. The minimum absolute atomic E-state index is 0.0509. The third kappa shape index (κ3) is 4.35. The van der Waals surface area contributed by atoms with Gasteiger partial charge in [-0.15, -0.1) is 0 Å². The molecule has 0 radical (unpaired) electrons. The number of carbonyl (C=O) groups excluding carboxylic acids is 1. The van der Waals surface area contributed by atoms with Gasteiger partial charge in [-0.2, -0.15) is 0 Å². The molecule has 1 aromatic carbocycles. The van der Waals surface area contributed by atoms with Crippen molar-refractivity contribution in [3.05, 3.63) is 47.8 Å². The molecule has 5 nitrogen and oxygen atoms in total. The van der Waals surface area contributed by atoms with E-state index in [0.717, 1.165) is 24.1 Å². The Hall–Kier alpha value is -2.43. The molecule has 0 saturated heterocycles. The number of nitrogens with one attached hydrogen (secondary N) is 2. The van der Waals surface area contributed by atoms with Crippen molar-refractivity contribution in [1.29, 1.82) is 0 Å². The van der Waals surface area contributed by atoms with E-state index in [1.807, 2.05) is 24.3 Å². The van der Waals surface area contributed by atoms with E-state index in [4.69, 9.17) is 0 Å². The first kappa shape index (κ1) is 17.4. The van der Waals surface area contributed by atoms with E-state index in [-0.39, 0.29) is 11.3 Å². The summed E-state index contributed by atoms with van der Waals surface area (Å²) in [5.41, 5.74) is 2.25. The van der Waals surface area contributed by atoms with Gasteiger partial charge in [0.1, 0.15) is 5.69 Å². The molecule has 1 aliphatic carbocycles. The molecule has 0 atom stereocenters. The summed E-state index contributed by atoms with van der Waals surface area (Å²) in [4.78, 5) is 21.3.